The van der Waals surface area contributed by atoms with Gasteiger partial charge in [-0.2, -0.15) is 17.4 Å². The van der Waals surface area contributed by atoms with Crippen LogP contribution in [-0.4, -0.2) is 16.1 Å². The minimum absolute atomic E-state index is 0. The zero-order chi connectivity index (χ0) is 22.8. The number of fused-ring (bicyclic) bond motifs is 1. The number of allylic oxidation sites excluding steroid dienone is 1. The van der Waals surface area contributed by atoms with E-state index in [4.69, 9.17) is 0 Å². The van der Waals surface area contributed by atoms with Crippen molar-refractivity contribution in [1.82, 2.24) is 0 Å². The van der Waals surface area contributed by atoms with Crippen LogP contribution < -0.4 is 30.0 Å². The average Bonchev–Trinajstić information content (AvgIpc) is 3.43. The van der Waals surface area contributed by atoms with Gasteiger partial charge in [-0.25, -0.2) is 0 Å². The smallest absolute Gasteiger partial charge is 1.00 e. The van der Waals surface area contributed by atoms with E-state index < -0.39 is 16.1 Å². The van der Waals surface area contributed by atoms with E-state index in [9.17, 15) is 0 Å². The van der Waals surface area contributed by atoms with Crippen molar-refractivity contribution in [2.45, 2.75) is 52.1 Å². The van der Waals surface area contributed by atoms with Gasteiger partial charge in [0.15, 0.2) is 0 Å². The predicted molar refractivity (Wildman–Crippen MR) is 150 cm³/mol. The molecule has 2 bridgehead atoms. The van der Waals surface area contributed by atoms with Gasteiger partial charge < -0.3 is 24.8 Å². The summed E-state index contributed by atoms with van der Waals surface area (Å²) in [6, 6.07) is 20.3. The normalized spacial score (nSPS) is 16.7. The Morgan fingerprint density at radius 3 is 2.11 bits per heavy atom. The Hall–Kier alpha value is -0.613. The zero-order valence-corrected chi connectivity index (χ0v) is 28.4. The number of aryl methyl sites for hydroxylation is 1. The molecule has 0 nitrogen and oxygen atoms in total. The molecule has 1 atom stereocenters. The molecule has 1 unspecified atom stereocenters. The molecule has 4 aromatic rings. The SMILES string of the molecule is CC1=C2c3cscc3C1[Si]2(C)C.Cc1cc2c(-c3ccc([Si](C)(C)C)cc3)cccc2[cH-]1.[Cl-].[Cl-].[Zr+3]. The molecule has 3 aromatic carbocycles. The Kier molecular flexibility index (Phi) is 9.63. The van der Waals surface area contributed by atoms with Crippen LogP contribution in [0, 0.1) is 6.92 Å². The molecule has 0 spiro atoms. The van der Waals surface area contributed by atoms with Crippen molar-refractivity contribution >= 4 is 48.6 Å². The van der Waals surface area contributed by atoms with Gasteiger partial charge in [0.25, 0.3) is 0 Å². The Morgan fingerprint density at radius 2 is 1.54 bits per heavy atom. The molecule has 1 aromatic heterocycles. The second-order valence-corrected chi connectivity index (χ2v) is 21.5. The van der Waals surface area contributed by atoms with E-state index in [0.29, 0.717) is 0 Å². The third-order valence-electron chi connectivity index (χ3n) is 7.42. The molecule has 0 fully saturated rings. The number of benzene rings is 2. The van der Waals surface area contributed by atoms with Crippen molar-refractivity contribution in [2.75, 3.05) is 0 Å². The second kappa shape index (κ2) is 11.0. The van der Waals surface area contributed by atoms with Crippen LogP contribution in [0.5, 0.6) is 0 Å². The molecule has 2 aliphatic heterocycles. The molecule has 6 heteroatoms. The number of halogens is 2. The predicted octanol–water partition coefficient (Wildman–Crippen LogP) is 2.50. The Morgan fingerprint density at radius 1 is 0.886 bits per heavy atom. The molecule has 0 amide bonds. The Labute approximate surface area is 248 Å². The van der Waals surface area contributed by atoms with Gasteiger partial charge in [-0.05, 0) is 34.4 Å². The molecule has 1 radical (unpaired) electrons. The molecular weight excluding hydrogens is 599 g/mol. The summed E-state index contributed by atoms with van der Waals surface area (Å²) in [5.41, 5.74) is 9.84. The summed E-state index contributed by atoms with van der Waals surface area (Å²) in [5.74, 6) is 0. The summed E-state index contributed by atoms with van der Waals surface area (Å²) in [4.78, 5) is 0. The molecular formula is C29H33Cl2SSi2Zr. The van der Waals surface area contributed by atoms with Crippen molar-refractivity contribution < 1.29 is 51.0 Å². The first-order valence-electron chi connectivity index (χ1n) is 11.6. The fraction of sp³-hybridized carbons (Fsp3) is 0.276. The minimum Gasteiger partial charge on any atom is -1.00 e. The zero-order valence-electron chi connectivity index (χ0n) is 21.6. The van der Waals surface area contributed by atoms with E-state index >= 15 is 0 Å². The van der Waals surface area contributed by atoms with E-state index in [0.717, 1.165) is 5.54 Å². The first-order valence-corrected chi connectivity index (χ1v) is 19.2. The van der Waals surface area contributed by atoms with Crippen LogP contribution in [-0.2, 0) is 26.2 Å². The first-order chi connectivity index (χ1) is 15.1. The fourth-order valence-corrected chi connectivity index (χ4v) is 12.6. The van der Waals surface area contributed by atoms with Crippen LogP contribution in [0.1, 0.15) is 29.2 Å². The van der Waals surface area contributed by atoms with Gasteiger partial charge in [-0.1, -0.05) is 91.5 Å². The van der Waals surface area contributed by atoms with Gasteiger partial charge in [0.2, 0.25) is 0 Å². The van der Waals surface area contributed by atoms with Gasteiger partial charge in [-0.15, -0.1) is 34.5 Å². The second-order valence-electron chi connectivity index (χ2n) is 11.1. The summed E-state index contributed by atoms with van der Waals surface area (Å²) in [6.45, 7) is 16.7. The summed E-state index contributed by atoms with van der Waals surface area (Å²) < 4.78 is 0. The maximum Gasteiger partial charge on any atom is 3.00 e. The van der Waals surface area contributed by atoms with Crippen molar-refractivity contribution in [1.29, 1.82) is 0 Å². The monoisotopic (exact) mass is 629 g/mol. The molecule has 35 heavy (non-hydrogen) atoms. The van der Waals surface area contributed by atoms with Gasteiger partial charge >= 0.3 is 26.2 Å². The van der Waals surface area contributed by atoms with Crippen molar-refractivity contribution in [2.24, 2.45) is 0 Å². The minimum atomic E-state index is -1.21. The van der Waals surface area contributed by atoms with Crippen LogP contribution in [0.2, 0.25) is 32.7 Å². The summed E-state index contributed by atoms with van der Waals surface area (Å²) in [6.07, 6.45) is 0. The maximum atomic E-state index is 2.50. The molecule has 181 valence electrons. The quantitative estimate of drug-likeness (QED) is 0.236. The third-order valence-corrected chi connectivity index (χ3v) is 14.4. The van der Waals surface area contributed by atoms with Gasteiger partial charge in [0.1, 0.15) is 0 Å². The number of hydrogen-bond acceptors (Lipinski definition) is 1. The van der Waals surface area contributed by atoms with E-state index in [1.165, 1.54) is 32.6 Å². The first kappa shape index (κ1) is 30.6. The Bertz CT molecular complexity index is 1360. The molecule has 7 rings (SSSR count). The molecule has 0 saturated heterocycles. The van der Waals surface area contributed by atoms with E-state index in [2.05, 4.69) is 112 Å². The standard InChI is InChI=1S/C19H21Si.C10H12SSi.2ClH.Zr/c1-14-12-16-6-5-7-18(19(16)13-14)15-8-10-17(11-9-15)20(2,3)4;1-6-9-7-4-11-5-8(7)10(6)12(9,2)3;;;/h5-13H,1-4H3;4-5,9H,1-3H3;2*1H;/q-1;;;;+3/p-2. The van der Waals surface area contributed by atoms with E-state index in [1.54, 1.807) is 21.9 Å². The third kappa shape index (κ3) is 5.22. The van der Waals surface area contributed by atoms with Crippen LogP contribution in [0.4, 0.5) is 0 Å². The van der Waals surface area contributed by atoms with Crippen LogP contribution in [0.3, 0.4) is 0 Å². The average molecular weight is 632 g/mol. The van der Waals surface area contributed by atoms with E-state index in [-0.39, 0.29) is 51.0 Å². The van der Waals surface area contributed by atoms with Crippen molar-refractivity contribution in [3.8, 4) is 11.1 Å². The molecule has 3 aliphatic rings. The van der Waals surface area contributed by atoms with Crippen LogP contribution in [0.25, 0.3) is 27.1 Å². The fourth-order valence-electron chi connectivity index (χ4n) is 5.96. The largest absolute Gasteiger partial charge is 3.00 e. The summed E-state index contributed by atoms with van der Waals surface area (Å²) in [7, 11) is -2.18. The van der Waals surface area contributed by atoms with Gasteiger partial charge in [0, 0.05) is 5.54 Å². The maximum absolute atomic E-state index is 2.50. The molecule has 1 aliphatic carbocycles. The molecule has 0 N–H and O–H groups in total. The van der Waals surface area contributed by atoms with Gasteiger partial charge in [0.05, 0.1) is 16.1 Å². The van der Waals surface area contributed by atoms with Crippen molar-refractivity contribution in [3.05, 3.63) is 87.6 Å². The molecule has 3 heterocycles. The van der Waals surface area contributed by atoms with Crippen LogP contribution >= 0.6 is 11.3 Å². The number of rotatable bonds is 2. The topological polar surface area (TPSA) is 0 Å². The van der Waals surface area contributed by atoms with Crippen molar-refractivity contribution in [3.63, 3.8) is 0 Å². The summed E-state index contributed by atoms with van der Waals surface area (Å²) in [5, 5.41) is 10.7. The van der Waals surface area contributed by atoms with E-state index in [1.807, 2.05) is 11.3 Å². The molecule has 0 saturated carbocycles. The number of hydrogen-bond donors (Lipinski definition) is 0. The van der Waals surface area contributed by atoms with Gasteiger partial charge in [-0.3, -0.25) is 0 Å². The Balaban J connectivity index is 0.000000249. The van der Waals surface area contributed by atoms with Crippen LogP contribution in [0.15, 0.2) is 70.9 Å². The number of thiophene rings is 1. The summed E-state index contributed by atoms with van der Waals surface area (Å²) >= 11 is 1.87.